The molecule has 0 radical (unpaired) electrons. The van der Waals surface area contributed by atoms with Crippen molar-refractivity contribution in [2.75, 3.05) is 5.75 Å². The predicted octanol–water partition coefficient (Wildman–Crippen LogP) is 3.14. The maximum absolute atomic E-state index is 11.3. The molecule has 1 unspecified atom stereocenters. The van der Waals surface area contributed by atoms with Gasteiger partial charge in [0.25, 0.3) is 0 Å². The number of hydrogen-bond acceptors (Lipinski definition) is 2. The summed E-state index contributed by atoms with van der Waals surface area (Å²) in [6, 6.07) is 8.47. The Morgan fingerprint density at radius 2 is 2.00 bits per heavy atom. The minimum atomic E-state index is 0.0611. The Morgan fingerprint density at radius 3 is 2.53 bits per heavy atom. The number of rotatable bonds is 6. The van der Waals surface area contributed by atoms with Crippen molar-refractivity contribution in [3.8, 4) is 0 Å². The molecule has 0 fully saturated rings. The lowest BCUT2D eigenvalue weighted by Crippen LogP contribution is -2.22. The maximum atomic E-state index is 11.3. The molecular weight excluding hydrogens is 230 g/mol. The fourth-order valence-corrected chi connectivity index (χ4v) is 1.79. The van der Waals surface area contributed by atoms with Crippen LogP contribution in [0.5, 0.6) is 0 Å². The zero-order chi connectivity index (χ0) is 12.7. The largest absolute Gasteiger partial charge is 0.352 e. The molecule has 1 atom stereocenters. The van der Waals surface area contributed by atoms with Crippen molar-refractivity contribution < 1.29 is 4.79 Å². The summed E-state index contributed by atoms with van der Waals surface area (Å²) in [5.41, 5.74) is 2.50. The summed E-state index contributed by atoms with van der Waals surface area (Å²) >= 11 is 4.03. The Kier molecular flexibility index (Phi) is 6.12. The molecule has 0 saturated carbocycles. The first-order chi connectivity index (χ1) is 8.17. The van der Waals surface area contributed by atoms with E-state index in [2.05, 4.69) is 56.1 Å². The van der Waals surface area contributed by atoms with Crippen molar-refractivity contribution in [3.05, 3.63) is 35.4 Å². The molecule has 17 heavy (non-hydrogen) atoms. The highest BCUT2D eigenvalue weighted by molar-refractivity contribution is 7.80. The van der Waals surface area contributed by atoms with E-state index >= 15 is 0 Å². The fraction of sp³-hybridized carbons (Fsp3) is 0.500. The molecule has 2 nitrogen and oxygen atoms in total. The number of thiol groups is 1. The van der Waals surface area contributed by atoms with Gasteiger partial charge in [-0.25, -0.2) is 0 Å². The second kappa shape index (κ2) is 7.38. The van der Waals surface area contributed by atoms with E-state index < -0.39 is 0 Å². The highest BCUT2D eigenvalue weighted by Gasteiger charge is 2.03. The molecule has 1 amide bonds. The predicted molar refractivity (Wildman–Crippen MR) is 75.5 cm³/mol. The van der Waals surface area contributed by atoms with Gasteiger partial charge in [-0.2, -0.15) is 12.6 Å². The van der Waals surface area contributed by atoms with E-state index in [1.165, 1.54) is 5.56 Å². The van der Waals surface area contributed by atoms with Gasteiger partial charge in [0.05, 0.1) is 0 Å². The molecule has 0 aromatic heterocycles. The van der Waals surface area contributed by atoms with Gasteiger partial charge in [0, 0.05) is 13.0 Å². The van der Waals surface area contributed by atoms with Crippen LogP contribution >= 0.6 is 12.6 Å². The first kappa shape index (κ1) is 14.1. The SMILES string of the molecule is CCC(C)c1ccc(CNC(=O)CCS)cc1. The molecule has 0 bridgehead atoms. The molecule has 1 N–H and O–H groups in total. The molecule has 94 valence electrons. The van der Waals surface area contributed by atoms with E-state index in [4.69, 9.17) is 0 Å². The van der Waals surface area contributed by atoms with Crippen molar-refractivity contribution in [1.29, 1.82) is 0 Å². The third-order valence-corrected chi connectivity index (χ3v) is 3.21. The Balaban J connectivity index is 2.48. The van der Waals surface area contributed by atoms with Crippen LogP contribution in [-0.4, -0.2) is 11.7 Å². The number of hydrogen-bond donors (Lipinski definition) is 2. The summed E-state index contributed by atoms with van der Waals surface area (Å²) in [7, 11) is 0. The summed E-state index contributed by atoms with van der Waals surface area (Å²) in [6.45, 7) is 5.02. The van der Waals surface area contributed by atoms with Gasteiger partial charge in [0.15, 0.2) is 0 Å². The minimum Gasteiger partial charge on any atom is -0.352 e. The van der Waals surface area contributed by atoms with Crippen LogP contribution in [0, 0.1) is 0 Å². The van der Waals surface area contributed by atoms with Crippen molar-refractivity contribution in [3.63, 3.8) is 0 Å². The lowest BCUT2D eigenvalue weighted by atomic mass is 9.98. The van der Waals surface area contributed by atoms with Gasteiger partial charge in [-0.05, 0) is 29.2 Å². The van der Waals surface area contributed by atoms with Gasteiger partial charge in [0.1, 0.15) is 0 Å². The number of carbonyl (C=O) groups is 1. The quantitative estimate of drug-likeness (QED) is 0.747. The van der Waals surface area contributed by atoms with E-state index in [9.17, 15) is 4.79 Å². The molecule has 1 aromatic rings. The van der Waals surface area contributed by atoms with Crippen LogP contribution in [0.1, 0.15) is 43.7 Å². The zero-order valence-corrected chi connectivity index (χ0v) is 11.5. The maximum Gasteiger partial charge on any atom is 0.221 e. The molecule has 0 heterocycles. The molecule has 0 aliphatic heterocycles. The van der Waals surface area contributed by atoms with E-state index in [0.717, 1.165) is 12.0 Å². The summed E-state index contributed by atoms with van der Waals surface area (Å²) in [5, 5.41) is 2.87. The number of carbonyl (C=O) groups excluding carboxylic acids is 1. The number of benzene rings is 1. The highest BCUT2D eigenvalue weighted by Crippen LogP contribution is 2.18. The van der Waals surface area contributed by atoms with Gasteiger partial charge in [-0.1, -0.05) is 38.1 Å². The molecule has 0 aliphatic rings. The lowest BCUT2D eigenvalue weighted by molar-refractivity contribution is -0.120. The third-order valence-electron chi connectivity index (χ3n) is 2.99. The lowest BCUT2D eigenvalue weighted by Gasteiger charge is -2.10. The Bertz CT molecular complexity index is 348. The number of nitrogens with one attached hydrogen (secondary N) is 1. The summed E-state index contributed by atoms with van der Waals surface area (Å²) in [5.74, 6) is 1.26. The third kappa shape index (κ3) is 4.82. The average Bonchev–Trinajstić information content (AvgIpc) is 2.36. The molecular formula is C14H21NOS. The van der Waals surface area contributed by atoms with Gasteiger partial charge in [0.2, 0.25) is 5.91 Å². The first-order valence-electron chi connectivity index (χ1n) is 6.13. The zero-order valence-electron chi connectivity index (χ0n) is 10.6. The summed E-state index contributed by atoms with van der Waals surface area (Å²) in [4.78, 5) is 11.3. The van der Waals surface area contributed by atoms with E-state index in [1.807, 2.05) is 0 Å². The van der Waals surface area contributed by atoms with Gasteiger partial charge >= 0.3 is 0 Å². The van der Waals surface area contributed by atoms with E-state index in [-0.39, 0.29) is 5.91 Å². The molecule has 0 saturated heterocycles. The monoisotopic (exact) mass is 251 g/mol. The van der Waals surface area contributed by atoms with Crippen LogP contribution in [0.15, 0.2) is 24.3 Å². The highest BCUT2D eigenvalue weighted by atomic mass is 32.1. The van der Waals surface area contributed by atoms with Crippen molar-refractivity contribution in [2.45, 2.75) is 39.2 Å². The normalized spacial score (nSPS) is 12.2. The van der Waals surface area contributed by atoms with Crippen LogP contribution in [0.25, 0.3) is 0 Å². The van der Waals surface area contributed by atoms with Crippen LogP contribution in [0.3, 0.4) is 0 Å². The van der Waals surface area contributed by atoms with E-state index in [1.54, 1.807) is 0 Å². The number of amides is 1. The fourth-order valence-electron chi connectivity index (χ4n) is 1.59. The Hall–Kier alpha value is -0.960. The van der Waals surface area contributed by atoms with Crippen LogP contribution in [-0.2, 0) is 11.3 Å². The van der Waals surface area contributed by atoms with Crippen molar-refractivity contribution >= 4 is 18.5 Å². The first-order valence-corrected chi connectivity index (χ1v) is 6.77. The topological polar surface area (TPSA) is 29.1 Å². The van der Waals surface area contributed by atoms with Crippen LogP contribution < -0.4 is 5.32 Å². The van der Waals surface area contributed by atoms with Gasteiger partial charge < -0.3 is 5.32 Å². The summed E-state index contributed by atoms with van der Waals surface area (Å²) in [6.07, 6.45) is 1.63. The van der Waals surface area contributed by atoms with E-state index in [0.29, 0.717) is 24.6 Å². The molecule has 0 aliphatic carbocycles. The molecule has 1 rings (SSSR count). The van der Waals surface area contributed by atoms with Gasteiger partial charge in [-0.3, -0.25) is 4.79 Å². The standard InChI is InChI=1S/C14H21NOS/c1-3-11(2)13-6-4-12(5-7-13)10-15-14(16)8-9-17/h4-7,11,17H,3,8-10H2,1-2H3,(H,15,16). The second-order valence-corrected chi connectivity index (χ2v) is 4.75. The Labute approximate surface area is 109 Å². The second-order valence-electron chi connectivity index (χ2n) is 4.30. The van der Waals surface area contributed by atoms with Crippen LogP contribution in [0.2, 0.25) is 0 Å². The summed E-state index contributed by atoms with van der Waals surface area (Å²) < 4.78 is 0. The average molecular weight is 251 g/mol. The molecule has 0 spiro atoms. The minimum absolute atomic E-state index is 0.0611. The van der Waals surface area contributed by atoms with Crippen molar-refractivity contribution in [2.24, 2.45) is 0 Å². The van der Waals surface area contributed by atoms with Gasteiger partial charge in [-0.15, -0.1) is 0 Å². The molecule has 3 heteroatoms. The van der Waals surface area contributed by atoms with Crippen molar-refractivity contribution in [1.82, 2.24) is 5.32 Å². The van der Waals surface area contributed by atoms with Crippen LogP contribution in [0.4, 0.5) is 0 Å². The Morgan fingerprint density at radius 1 is 1.35 bits per heavy atom. The smallest absolute Gasteiger partial charge is 0.221 e. The molecule has 1 aromatic carbocycles.